The van der Waals surface area contributed by atoms with Crippen molar-refractivity contribution in [2.24, 2.45) is 34.5 Å². The van der Waals surface area contributed by atoms with Gasteiger partial charge in [0.15, 0.2) is 0 Å². The zero-order valence-electron chi connectivity index (χ0n) is 48.7. The molecule has 81 heavy (non-hydrogen) atoms. The van der Waals surface area contributed by atoms with E-state index in [0.717, 1.165) is 28.1 Å². The number of aromatic nitrogens is 1. The maximum absolute atomic E-state index is 13.9. The van der Waals surface area contributed by atoms with E-state index in [0.29, 0.717) is 78.5 Å². The van der Waals surface area contributed by atoms with Gasteiger partial charge in [-0.3, -0.25) is 28.8 Å². The van der Waals surface area contributed by atoms with Crippen molar-refractivity contribution in [3.63, 3.8) is 0 Å². The molecule has 450 valence electrons. The summed E-state index contributed by atoms with van der Waals surface area (Å²) in [5, 5.41) is 29.3. The highest BCUT2D eigenvalue weighted by atomic mass is 32.1. The van der Waals surface area contributed by atoms with Crippen molar-refractivity contribution in [2.75, 3.05) is 79.2 Å². The molecular formula is C60H89N5O15S. The third-order valence-corrected chi connectivity index (χ3v) is 16.4. The molecule has 2 saturated heterocycles. The number of nitrogens with one attached hydrogen (secondary N) is 3. The van der Waals surface area contributed by atoms with Gasteiger partial charge in [0.1, 0.15) is 30.9 Å². The first-order valence-electron chi connectivity index (χ1n) is 28.8. The Morgan fingerprint density at radius 3 is 2.11 bits per heavy atom. The summed E-state index contributed by atoms with van der Waals surface area (Å²) in [6, 6.07) is 5.96. The fourth-order valence-corrected chi connectivity index (χ4v) is 11.7. The zero-order chi connectivity index (χ0) is 58.7. The van der Waals surface area contributed by atoms with Crippen molar-refractivity contribution in [2.45, 2.75) is 150 Å². The molecule has 10 atom stereocenters. The van der Waals surface area contributed by atoms with Crippen LogP contribution in [0.1, 0.15) is 111 Å². The summed E-state index contributed by atoms with van der Waals surface area (Å²) in [4.78, 5) is 85.6. The highest BCUT2D eigenvalue weighted by molar-refractivity contribution is 7.13. The van der Waals surface area contributed by atoms with Crippen molar-refractivity contribution in [1.29, 1.82) is 0 Å². The van der Waals surface area contributed by atoms with Crippen LogP contribution in [0.25, 0.3) is 10.4 Å². The molecule has 2 aliphatic carbocycles. The van der Waals surface area contributed by atoms with Crippen LogP contribution in [0.15, 0.2) is 53.6 Å². The summed E-state index contributed by atoms with van der Waals surface area (Å²) in [7, 11) is 0. The number of benzene rings is 1. The second-order valence-electron chi connectivity index (χ2n) is 23.7. The fourth-order valence-electron chi connectivity index (χ4n) is 10.8. The first-order valence-corrected chi connectivity index (χ1v) is 29.7. The Hall–Kier alpha value is -5.13. The van der Waals surface area contributed by atoms with E-state index in [1.807, 2.05) is 65.8 Å². The monoisotopic (exact) mass is 1150 g/mol. The van der Waals surface area contributed by atoms with Crippen LogP contribution in [-0.4, -0.2) is 171 Å². The Kier molecular flexibility index (Phi) is 25.3. The molecule has 2 fully saturated rings. The molecule has 1 unspecified atom stereocenters. The Morgan fingerprint density at radius 2 is 1.48 bits per heavy atom. The lowest BCUT2D eigenvalue weighted by Gasteiger charge is -2.44. The molecule has 1 aromatic heterocycles. The van der Waals surface area contributed by atoms with Crippen molar-refractivity contribution >= 4 is 46.9 Å². The average Bonchev–Trinajstić information content (AvgIpc) is 4.13. The van der Waals surface area contributed by atoms with Gasteiger partial charge in [-0.1, -0.05) is 77.1 Å². The summed E-state index contributed by atoms with van der Waals surface area (Å²) in [6.07, 6.45) is 7.54. The molecule has 2 aromatic rings. The molecule has 0 saturated carbocycles. The number of aliphatic hydroxyl groups excluding tert-OH is 2. The highest BCUT2D eigenvalue weighted by Crippen LogP contribution is 2.46. The van der Waals surface area contributed by atoms with Gasteiger partial charge < -0.3 is 64.2 Å². The predicted molar refractivity (Wildman–Crippen MR) is 303 cm³/mol. The third-order valence-electron chi connectivity index (χ3n) is 15.4. The summed E-state index contributed by atoms with van der Waals surface area (Å²) >= 11 is 1.57. The maximum atomic E-state index is 13.9. The number of carbonyl (C=O) groups excluding carboxylic acids is 6. The Balaban J connectivity index is 0.758. The van der Waals surface area contributed by atoms with E-state index in [4.69, 9.17) is 33.2 Å². The van der Waals surface area contributed by atoms with E-state index < -0.39 is 46.9 Å². The Labute approximate surface area is 481 Å². The summed E-state index contributed by atoms with van der Waals surface area (Å²) in [5.74, 6) is -1.58. The Bertz CT molecular complexity index is 2440. The fraction of sp³-hybridized carbons (Fsp3) is 0.683. The second kappa shape index (κ2) is 31.5. The van der Waals surface area contributed by atoms with E-state index >= 15 is 0 Å². The van der Waals surface area contributed by atoms with Crippen molar-refractivity contribution < 1.29 is 72.1 Å². The van der Waals surface area contributed by atoms with Gasteiger partial charge in [0.05, 0.1) is 99.6 Å². The first-order chi connectivity index (χ1) is 38.6. The molecule has 4 aliphatic rings. The van der Waals surface area contributed by atoms with Gasteiger partial charge in [-0.05, 0) is 86.3 Å². The average molecular weight is 1150 g/mol. The number of rotatable bonds is 31. The standard InChI is InChI=1S/C60H89N5O15S/c1-38-29-43-12-9-39(2)47(16-15-46-31-44(66)33-52(70)79-46)53(43)49(30-38)80-58(73)60(7,8)18-17-50(68)61-19-20-74-21-22-75-23-24-76-25-26-77-27-28-78-36-51(69)64-55(59(4,5)6)57(72)65-35-45(67)32-48(65)56(71)62-34-41-10-13-42(14-11-41)54-40(3)63-37-81-54/h9-14,29,37-39,44-49,53,55,66-67H,15-28,30-36H2,1-8H3,(H,61,68)(H,62,71)(H,64,69)/t38-,39-,44+,45+,46+,47-,48-,49-,53-,55?/m0/s1. The lowest BCUT2D eigenvalue weighted by atomic mass is 9.65. The molecule has 0 spiro atoms. The number of aliphatic hydroxyl groups is 2. The topological polar surface area (TPSA) is 260 Å². The van der Waals surface area contributed by atoms with Gasteiger partial charge in [-0.15, -0.1) is 11.3 Å². The first kappa shape index (κ1) is 65.0. The van der Waals surface area contributed by atoms with Gasteiger partial charge in [0.25, 0.3) is 0 Å². The maximum Gasteiger partial charge on any atom is 0.311 e. The molecule has 0 radical (unpaired) electrons. The van der Waals surface area contributed by atoms with Gasteiger partial charge in [0.2, 0.25) is 23.6 Å². The van der Waals surface area contributed by atoms with E-state index in [2.05, 4.69) is 53.0 Å². The number of hydrogen-bond donors (Lipinski definition) is 5. The van der Waals surface area contributed by atoms with E-state index in [1.54, 1.807) is 16.8 Å². The number of nitrogens with zero attached hydrogens (tertiary/aromatic N) is 2. The van der Waals surface area contributed by atoms with E-state index in [9.17, 15) is 39.0 Å². The largest absolute Gasteiger partial charge is 0.462 e. The van der Waals surface area contributed by atoms with Crippen LogP contribution in [-0.2, 0) is 68.5 Å². The number of esters is 2. The smallest absolute Gasteiger partial charge is 0.311 e. The number of likely N-dealkylation sites (tertiary alicyclic amines) is 1. The van der Waals surface area contributed by atoms with Crippen LogP contribution in [0.5, 0.6) is 0 Å². The highest BCUT2D eigenvalue weighted by Gasteiger charge is 2.46. The molecule has 3 heterocycles. The number of cyclic esters (lactones) is 1. The molecule has 4 amide bonds. The molecule has 21 heteroatoms. The summed E-state index contributed by atoms with van der Waals surface area (Å²) in [5.41, 5.74) is 4.25. The van der Waals surface area contributed by atoms with Crippen LogP contribution in [0.3, 0.4) is 0 Å². The van der Waals surface area contributed by atoms with Crippen LogP contribution in [0.4, 0.5) is 0 Å². The quantitative estimate of drug-likeness (QED) is 0.0468. The number of allylic oxidation sites excluding steroid dienone is 3. The van der Waals surface area contributed by atoms with Gasteiger partial charge >= 0.3 is 11.9 Å². The van der Waals surface area contributed by atoms with Crippen LogP contribution in [0, 0.1) is 41.4 Å². The number of thiazole rings is 1. The lowest BCUT2D eigenvalue weighted by molar-refractivity contribution is -0.166. The van der Waals surface area contributed by atoms with Crippen LogP contribution < -0.4 is 16.0 Å². The van der Waals surface area contributed by atoms with Gasteiger partial charge in [0, 0.05) is 44.8 Å². The number of amides is 4. The minimum atomic E-state index is -0.981. The van der Waals surface area contributed by atoms with Crippen LogP contribution >= 0.6 is 11.3 Å². The van der Waals surface area contributed by atoms with Gasteiger partial charge in [-0.2, -0.15) is 0 Å². The minimum absolute atomic E-state index is 0.00540. The normalized spacial score (nSPS) is 24.2. The molecule has 2 aliphatic heterocycles. The number of fused-ring (bicyclic) bond motifs is 1. The van der Waals surface area contributed by atoms with Crippen molar-refractivity contribution in [1.82, 2.24) is 25.8 Å². The van der Waals surface area contributed by atoms with E-state index in [1.165, 1.54) is 10.5 Å². The summed E-state index contributed by atoms with van der Waals surface area (Å²) in [6.45, 7) is 18.2. The number of aryl methyl sites for hydroxylation is 1. The van der Waals surface area contributed by atoms with Crippen molar-refractivity contribution in [3.8, 4) is 10.4 Å². The van der Waals surface area contributed by atoms with Gasteiger partial charge in [-0.25, -0.2) is 4.98 Å². The van der Waals surface area contributed by atoms with Crippen molar-refractivity contribution in [3.05, 3.63) is 64.8 Å². The molecule has 6 rings (SSSR count). The predicted octanol–water partition coefficient (Wildman–Crippen LogP) is 5.40. The number of β-amino-alcohol motifs (C(OH)–C–C–N with tert-alkyl or cyclic N) is 1. The molecule has 20 nitrogen and oxygen atoms in total. The third kappa shape index (κ3) is 20.3. The summed E-state index contributed by atoms with van der Waals surface area (Å²) < 4.78 is 39.7. The Morgan fingerprint density at radius 1 is 0.827 bits per heavy atom. The number of hydrogen-bond acceptors (Lipinski definition) is 17. The van der Waals surface area contributed by atoms with Crippen LogP contribution in [0.2, 0.25) is 0 Å². The SMILES string of the molecule is Cc1ncsc1-c1ccc(CNC(=O)[C@@H]2C[C@@H](O)CN2C(=O)C(NC(=O)COCCOCCOCCOCCOCCNC(=O)CCC(C)(C)C(=O)O[C@H]2C[C@@H](C)C=C3C=C[C@H](C)[C@H](CC[C@@H]4C[C@@H](O)CC(=O)O4)[C@H]32)C(C)(C)C)cc1. The van der Waals surface area contributed by atoms with E-state index in [-0.39, 0.29) is 112 Å². The molecular weight excluding hydrogens is 1060 g/mol. The molecule has 5 N–H and O–H groups in total. The molecule has 1 aromatic carbocycles. The minimum Gasteiger partial charge on any atom is -0.462 e. The molecule has 0 bridgehead atoms. The zero-order valence-corrected chi connectivity index (χ0v) is 49.6. The second-order valence-corrected chi connectivity index (χ2v) is 24.5. The number of ether oxygens (including phenoxy) is 7. The lowest BCUT2D eigenvalue weighted by Crippen LogP contribution is -2.58. The number of carbonyl (C=O) groups is 6.